The number of hydrogen-bond acceptors (Lipinski definition) is 6. The van der Waals surface area contributed by atoms with Crippen LogP contribution in [0, 0.1) is 0 Å². The fraction of sp³-hybridized carbons (Fsp3) is 0.179. The van der Waals surface area contributed by atoms with Crippen molar-refractivity contribution in [3.63, 3.8) is 0 Å². The number of fused-ring (bicyclic) bond motifs is 1. The molecule has 0 aliphatic heterocycles. The minimum atomic E-state index is 0.599. The number of pyridine rings is 2. The van der Waals surface area contributed by atoms with Gasteiger partial charge in [0.2, 0.25) is 0 Å². The Kier molecular flexibility index (Phi) is 6.96. The summed E-state index contributed by atoms with van der Waals surface area (Å²) in [5.74, 6) is 2.45. The summed E-state index contributed by atoms with van der Waals surface area (Å²) >= 11 is 0. The van der Waals surface area contributed by atoms with E-state index in [0.717, 1.165) is 58.4 Å². The molecule has 0 amide bonds. The Morgan fingerprint density at radius 2 is 1.69 bits per heavy atom. The van der Waals surface area contributed by atoms with Gasteiger partial charge in [-0.15, -0.1) is 0 Å². The maximum Gasteiger partial charge on any atom is 0.156 e. The molecule has 0 spiro atoms. The minimum Gasteiger partial charge on any atom is -0.497 e. The smallest absolute Gasteiger partial charge is 0.156 e. The maximum atomic E-state index is 5.86. The lowest BCUT2D eigenvalue weighted by atomic mass is 10.1. The number of hydrogen-bond donors (Lipinski definition) is 1. The summed E-state index contributed by atoms with van der Waals surface area (Å²) in [6.07, 6.45) is 4.29. The fourth-order valence-corrected chi connectivity index (χ4v) is 3.87. The molecule has 0 aliphatic rings. The number of aromatic nitrogens is 4. The lowest BCUT2D eigenvalue weighted by Crippen LogP contribution is -2.20. The van der Waals surface area contributed by atoms with Crippen molar-refractivity contribution in [3.05, 3.63) is 108 Å². The summed E-state index contributed by atoms with van der Waals surface area (Å²) in [7, 11) is 1.67. The van der Waals surface area contributed by atoms with Crippen LogP contribution in [0.15, 0.2) is 91.3 Å². The Balaban J connectivity index is 1.18. The molecule has 3 aromatic heterocycles. The molecule has 0 radical (unpaired) electrons. The van der Waals surface area contributed by atoms with Gasteiger partial charge in [-0.1, -0.05) is 24.3 Å². The van der Waals surface area contributed by atoms with Crippen LogP contribution >= 0.6 is 0 Å². The summed E-state index contributed by atoms with van der Waals surface area (Å²) in [5.41, 5.74) is 5.17. The van der Waals surface area contributed by atoms with E-state index in [1.165, 1.54) is 0 Å². The highest BCUT2D eigenvalue weighted by molar-refractivity contribution is 5.63. The Hall–Kier alpha value is -4.23. The van der Waals surface area contributed by atoms with Crippen molar-refractivity contribution in [2.45, 2.75) is 13.0 Å². The van der Waals surface area contributed by atoms with Crippen molar-refractivity contribution >= 4 is 5.65 Å². The second-order valence-electron chi connectivity index (χ2n) is 8.14. The topological polar surface area (TPSA) is 73.6 Å². The quantitative estimate of drug-likeness (QED) is 0.305. The summed E-state index contributed by atoms with van der Waals surface area (Å²) < 4.78 is 13.0. The van der Waals surface area contributed by atoms with Crippen LogP contribution in [0.5, 0.6) is 11.5 Å². The van der Waals surface area contributed by atoms with Gasteiger partial charge in [0, 0.05) is 37.5 Å². The van der Waals surface area contributed by atoms with Crippen LogP contribution in [-0.4, -0.2) is 39.8 Å². The number of benzene rings is 2. The predicted molar refractivity (Wildman–Crippen MR) is 136 cm³/mol. The number of rotatable bonds is 10. The van der Waals surface area contributed by atoms with Gasteiger partial charge in [0.15, 0.2) is 11.5 Å². The largest absolute Gasteiger partial charge is 0.497 e. The number of nitrogens with zero attached hydrogens (tertiary/aromatic N) is 4. The number of nitrogens with one attached hydrogen (secondary N) is 1. The molecule has 0 atom stereocenters. The first-order valence-electron chi connectivity index (χ1n) is 11.6. The van der Waals surface area contributed by atoms with Crippen molar-refractivity contribution in [1.82, 2.24) is 24.9 Å². The van der Waals surface area contributed by atoms with Crippen LogP contribution in [0.1, 0.15) is 17.0 Å². The molecule has 7 nitrogen and oxygen atoms in total. The van der Waals surface area contributed by atoms with E-state index in [-0.39, 0.29) is 0 Å². The highest BCUT2D eigenvalue weighted by Crippen LogP contribution is 2.23. The molecule has 176 valence electrons. The van der Waals surface area contributed by atoms with Crippen LogP contribution in [0.3, 0.4) is 0 Å². The first kappa shape index (κ1) is 22.6. The fourth-order valence-electron chi connectivity index (χ4n) is 3.87. The molecular weight excluding hydrogens is 438 g/mol. The summed E-state index contributed by atoms with van der Waals surface area (Å²) in [6.45, 7) is 2.14. The summed E-state index contributed by atoms with van der Waals surface area (Å²) in [6, 6.07) is 26.1. The predicted octanol–water partition coefficient (Wildman–Crippen LogP) is 4.56. The van der Waals surface area contributed by atoms with E-state index in [1.807, 2.05) is 71.4 Å². The van der Waals surface area contributed by atoms with Crippen LogP contribution in [-0.2, 0) is 13.0 Å². The van der Waals surface area contributed by atoms with Crippen molar-refractivity contribution in [2.75, 3.05) is 20.3 Å². The SMILES string of the molecule is COc1ccc(-c2cccc3nc(Cc4ccc(OCCNCc5cccnc5)cc4)nn23)cc1. The lowest BCUT2D eigenvalue weighted by Gasteiger charge is -2.08. The molecule has 0 bridgehead atoms. The van der Waals surface area contributed by atoms with Gasteiger partial charge < -0.3 is 14.8 Å². The van der Waals surface area contributed by atoms with Crippen molar-refractivity contribution in [3.8, 4) is 22.8 Å². The number of ether oxygens (including phenoxy) is 2. The third kappa shape index (κ3) is 5.65. The Labute approximate surface area is 204 Å². The van der Waals surface area contributed by atoms with E-state index in [2.05, 4.69) is 28.5 Å². The van der Waals surface area contributed by atoms with Gasteiger partial charge in [0.05, 0.1) is 12.8 Å². The monoisotopic (exact) mass is 465 g/mol. The molecule has 7 heteroatoms. The molecule has 1 N–H and O–H groups in total. The average Bonchev–Trinajstić information content (AvgIpc) is 3.33. The van der Waals surface area contributed by atoms with Crippen LogP contribution < -0.4 is 14.8 Å². The van der Waals surface area contributed by atoms with E-state index in [4.69, 9.17) is 19.6 Å². The van der Waals surface area contributed by atoms with E-state index >= 15 is 0 Å². The van der Waals surface area contributed by atoms with Crippen LogP contribution in [0.2, 0.25) is 0 Å². The van der Waals surface area contributed by atoms with Gasteiger partial charge in [-0.25, -0.2) is 9.50 Å². The second kappa shape index (κ2) is 10.8. The molecular formula is C28H27N5O2. The zero-order valence-electron chi connectivity index (χ0n) is 19.6. The van der Waals surface area contributed by atoms with Crippen LogP contribution in [0.25, 0.3) is 16.9 Å². The second-order valence-corrected chi connectivity index (χ2v) is 8.14. The first-order chi connectivity index (χ1) is 17.3. The van der Waals surface area contributed by atoms with Gasteiger partial charge in [-0.05, 0) is 65.7 Å². The summed E-state index contributed by atoms with van der Waals surface area (Å²) in [5, 5.41) is 8.14. The minimum absolute atomic E-state index is 0.599. The lowest BCUT2D eigenvalue weighted by molar-refractivity contribution is 0.313. The third-order valence-electron chi connectivity index (χ3n) is 5.67. The molecule has 0 aliphatic carbocycles. The van der Waals surface area contributed by atoms with Crippen LogP contribution in [0.4, 0.5) is 0 Å². The van der Waals surface area contributed by atoms with E-state index in [9.17, 15) is 0 Å². The van der Waals surface area contributed by atoms with Gasteiger partial charge in [0.25, 0.3) is 0 Å². The molecule has 3 heterocycles. The molecule has 2 aromatic carbocycles. The molecule has 0 fully saturated rings. The van der Waals surface area contributed by atoms with Crippen molar-refractivity contribution < 1.29 is 9.47 Å². The molecule has 35 heavy (non-hydrogen) atoms. The Morgan fingerprint density at radius 3 is 2.46 bits per heavy atom. The standard InChI is InChI=1S/C28H27N5O2/c1-34-24-13-9-23(10-14-24)26-5-2-6-28-31-27(32-33(26)28)18-21-7-11-25(12-8-21)35-17-16-30-20-22-4-3-15-29-19-22/h2-15,19,30H,16-18,20H2,1H3. The van der Waals surface area contributed by atoms with Crippen molar-refractivity contribution in [2.24, 2.45) is 0 Å². The van der Waals surface area contributed by atoms with Gasteiger partial charge >= 0.3 is 0 Å². The van der Waals surface area contributed by atoms with Crippen molar-refractivity contribution in [1.29, 1.82) is 0 Å². The van der Waals surface area contributed by atoms with Gasteiger partial charge in [-0.2, -0.15) is 5.10 Å². The molecule has 0 saturated carbocycles. The van der Waals surface area contributed by atoms with E-state index < -0.39 is 0 Å². The zero-order chi connectivity index (χ0) is 23.9. The van der Waals surface area contributed by atoms with Gasteiger partial charge in [-0.3, -0.25) is 4.98 Å². The third-order valence-corrected chi connectivity index (χ3v) is 5.67. The normalized spacial score (nSPS) is 11.0. The summed E-state index contributed by atoms with van der Waals surface area (Å²) in [4.78, 5) is 8.85. The maximum absolute atomic E-state index is 5.86. The molecule has 5 rings (SSSR count). The average molecular weight is 466 g/mol. The Morgan fingerprint density at radius 1 is 0.857 bits per heavy atom. The Bertz CT molecular complexity index is 1370. The molecule has 5 aromatic rings. The van der Waals surface area contributed by atoms with E-state index in [1.54, 1.807) is 13.3 Å². The highest BCUT2D eigenvalue weighted by Gasteiger charge is 2.10. The molecule has 0 unspecified atom stereocenters. The van der Waals surface area contributed by atoms with Gasteiger partial charge in [0.1, 0.15) is 18.1 Å². The van der Waals surface area contributed by atoms with E-state index in [0.29, 0.717) is 13.0 Å². The number of methoxy groups -OCH3 is 1. The first-order valence-corrected chi connectivity index (χ1v) is 11.6. The zero-order valence-corrected chi connectivity index (χ0v) is 19.6. The highest BCUT2D eigenvalue weighted by atomic mass is 16.5. The molecule has 0 saturated heterocycles.